The molecule has 0 bridgehead atoms. The molecule has 0 unspecified atom stereocenters. The van der Waals surface area contributed by atoms with Gasteiger partial charge in [0.05, 0.1) is 0 Å². The molecule has 0 aromatic heterocycles. The van der Waals surface area contributed by atoms with E-state index in [4.69, 9.17) is 9.31 Å². The van der Waals surface area contributed by atoms with Gasteiger partial charge in [0.2, 0.25) is 0 Å². The zero-order chi connectivity index (χ0) is 12.6. The second kappa shape index (κ2) is 7.55. The van der Waals surface area contributed by atoms with Crippen LogP contribution in [0.2, 0.25) is 5.32 Å². The summed E-state index contributed by atoms with van der Waals surface area (Å²) in [5, 5.41) is 1.32. The van der Waals surface area contributed by atoms with Gasteiger partial charge in [0.1, 0.15) is 0 Å². The van der Waals surface area contributed by atoms with E-state index in [0.717, 1.165) is 11.5 Å². The molecule has 96 valence electrons. The first-order valence-corrected chi connectivity index (χ1v) is 8.81. The summed E-state index contributed by atoms with van der Waals surface area (Å²) >= 11 is 0.579. The summed E-state index contributed by atoms with van der Waals surface area (Å²) in [7, 11) is -0.222. The Labute approximate surface area is 116 Å². The van der Waals surface area contributed by atoms with Crippen LogP contribution in [0.15, 0.2) is 35.2 Å². The Morgan fingerprint density at radius 1 is 1.11 bits per heavy atom. The summed E-state index contributed by atoms with van der Waals surface area (Å²) in [5.74, 6) is 3.74. The fraction of sp³-hybridized carbons (Fsp3) is 0.429. The maximum atomic E-state index is 5.65. The van der Waals surface area contributed by atoms with Gasteiger partial charge in [-0.05, 0) is 0 Å². The van der Waals surface area contributed by atoms with Gasteiger partial charge >= 0.3 is 116 Å². The van der Waals surface area contributed by atoms with Crippen LogP contribution in [0.4, 0.5) is 0 Å². The first kappa shape index (κ1) is 13.6. The Bertz CT molecular complexity index is 370. The molecule has 1 heterocycles. The van der Waals surface area contributed by atoms with Gasteiger partial charge < -0.3 is 0 Å². The van der Waals surface area contributed by atoms with Crippen molar-refractivity contribution in [3.05, 3.63) is 35.2 Å². The second-order valence-electron chi connectivity index (χ2n) is 4.31. The molecule has 0 saturated carbocycles. The topological polar surface area (TPSA) is 18.5 Å². The zero-order valence-corrected chi connectivity index (χ0v) is 12.5. The predicted octanol–water partition coefficient (Wildman–Crippen LogP) is 3.70. The number of para-hydroxylation sites is 2. The van der Waals surface area contributed by atoms with Gasteiger partial charge in [0.15, 0.2) is 0 Å². The van der Waals surface area contributed by atoms with Gasteiger partial charge in [-0.1, -0.05) is 0 Å². The fourth-order valence-corrected chi connectivity index (χ4v) is 3.36. The van der Waals surface area contributed by atoms with Crippen LogP contribution < -0.4 is 9.31 Å². The first-order chi connectivity index (χ1) is 8.90. The monoisotopic (exact) mass is 310 g/mol. The van der Waals surface area contributed by atoms with Crippen molar-refractivity contribution in [3.8, 4) is 11.5 Å². The average molecular weight is 309 g/mol. The Kier molecular flexibility index (Phi) is 5.69. The third kappa shape index (κ3) is 4.11. The molecule has 0 atom stereocenters. The van der Waals surface area contributed by atoms with Crippen molar-refractivity contribution in [3.63, 3.8) is 0 Å². The van der Waals surface area contributed by atoms with Crippen LogP contribution in [0, 0.1) is 0 Å². The molecule has 0 radical (unpaired) electrons. The Hall–Kier alpha value is -0.856. The van der Waals surface area contributed by atoms with Crippen LogP contribution in [0.3, 0.4) is 0 Å². The quantitative estimate of drug-likeness (QED) is 0.565. The van der Waals surface area contributed by atoms with Crippen LogP contribution in [0.1, 0.15) is 32.6 Å². The molecule has 1 aromatic rings. The van der Waals surface area contributed by atoms with Crippen molar-refractivity contribution < 1.29 is 9.31 Å². The molecule has 4 heteroatoms. The second-order valence-corrected chi connectivity index (χ2v) is 6.44. The van der Waals surface area contributed by atoms with Gasteiger partial charge in [-0.3, -0.25) is 0 Å². The molecule has 1 aliphatic heterocycles. The van der Waals surface area contributed by atoms with E-state index in [1.165, 1.54) is 31.0 Å². The maximum absolute atomic E-state index is 5.65. The Morgan fingerprint density at radius 2 is 1.83 bits per heavy atom. The Balaban J connectivity index is 1.64. The normalized spacial score (nSPS) is 13.5. The standard InChI is InChI=1S/C14H19BO2Se/c1-2-3-4-7-11-18-12-10-15-16-13-8-5-6-9-14(13)17-15/h5-6,8-10,12H,2-4,7,11H2,1H3/b12-10+. The van der Waals surface area contributed by atoms with Crippen molar-refractivity contribution in [2.45, 2.75) is 37.9 Å². The summed E-state index contributed by atoms with van der Waals surface area (Å²) in [4.78, 5) is 2.23. The SMILES string of the molecule is CCCCCC[Se]/C=C/B1Oc2ccccc2O1. The number of fused-ring (bicyclic) bond motifs is 1. The minimum absolute atomic E-state index is 0.222. The van der Waals surface area contributed by atoms with E-state index < -0.39 is 0 Å². The van der Waals surface area contributed by atoms with E-state index in [1.54, 1.807) is 0 Å². The average Bonchev–Trinajstić information content (AvgIpc) is 2.80. The van der Waals surface area contributed by atoms with E-state index >= 15 is 0 Å². The summed E-state index contributed by atoms with van der Waals surface area (Å²) in [5.41, 5.74) is 0. The molecule has 1 aliphatic rings. The number of hydrogen-bond donors (Lipinski definition) is 0. The van der Waals surface area contributed by atoms with Crippen molar-refractivity contribution in [2.75, 3.05) is 0 Å². The van der Waals surface area contributed by atoms with Gasteiger partial charge in [-0.15, -0.1) is 0 Å². The van der Waals surface area contributed by atoms with Gasteiger partial charge in [0.25, 0.3) is 0 Å². The molecule has 0 aliphatic carbocycles. The van der Waals surface area contributed by atoms with E-state index in [1.807, 2.05) is 30.2 Å². The van der Waals surface area contributed by atoms with Gasteiger partial charge in [-0.2, -0.15) is 0 Å². The molecule has 1 aromatic carbocycles. The fourth-order valence-electron chi connectivity index (χ4n) is 1.80. The number of rotatable bonds is 7. The van der Waals surface area contributed by atoms with Crippen molar-refractivity contribution in [1.29, 1.82) is 0 Å². The van der Waals surface area contributed by atoms with Crippen molar-refractivity contribution >= 4 is 22.1 Å². The van der Waals surface area contributed by atoms with Crippen molar-refractivity contribution in [2.24, 2.45) is 0 Å². The van der Waals surface area contributed by atoms with Crippen LogP contribution in [0.5, 0.6) is 11.5 Å². The predicted molar refractivity (Wildman–Crippen MR) is 77.3 cm³/mol. The van der Waals surface area contributed by atoms with Gasteiger partial charge in [0, 0.05) is 0 Å². The molecule has 0 fully saturated rings. The van der Waals surface area contributed by atoms with Crippen LogP contribution in [-0.2, 0) is 0 Å². The molecule has 2 rings (SSSR count). The number of unbranched alkanes of at least 4 members (excludes halogenated alkanes) is 3. The molecular formula is C14H19BO2Se. The molecular weight excluding hydrogens is 290 g/mol. The van der Waals surface area contributed by atoms with E-state index in [-0.39, 0.29) is 7.12 Å². The third-order valence-corrected chi connectivity index (χ3v) is 4.62. The molecule has 0 amide bonds. The third-order valence-electron chi connectivity index (χ3n) is 2.78. The summed E-state index contributed by atoms with van der Waals surface area (Å²) < 4.78 is 11.3. The zero-order valence-electron chi connectivity index (χ0n) is 10.8. The Morgan fingerprint density at radius 3 is 2.50 bits per heavy atom. The van der Waals surface area contributed by atoms with E-state index in [2.05, 4.69) is 11.9 Å². The van der Waals surface area contributed by atoms with Crippen LogP contribution in [-0.4, -0.2) is 22.1 Å². The summed E-state index contributed by atoms with van der Waals surface area (Å²) in [6.45, 7) is 2.25. The molecule has 18 heavy (non-hydrogen) atoms. The van der Waals surface area contributed by atoms with Crippen LogP contribution >= 0.6 is 0 Å². The number of hydrogen-bond acceptors (Lipinski definition) is 2. The molecule has 0 N–H and O–H groups in total. The first-order valence-electron chi connectivity index (χ1n) is 6.61. The molecule has 0 spiro atoms. The summed E-state index contributed by atoms with van der Waals surface area (Å²) in [6, 6.07) is 7.82. The van der Waals surface area contributed by atoms with Crippen LogP contribution in [0.25, 0.3) is 0 Å². The molecule has 2 nitrogen and oxygen atoms in total. The molecule has 0 saturated heterocycles. The summed E-state index contributed by atoms with van der Waals surface area (Å²) in [6.07, 6.45) is 5.40. The van der Waals surface area contributed by atoms with Gasteiger partial charge in [-0.25, -0.2) is 0 Å². The number of benzene rings is 1. The van der Waals surface area contributed by atoms with Crippen molar-refractivity contribution in [1.82, 2.24) is 0 Å². The van der Waals surface area contributed by atoms with E-state index in [0.29, 0.717) is 15.0 Å². The minimum atomic E-state index is -0.222. The van der Waals surface area contributed by atoms with E-state index in [9.17, 15) is 0 Å².